The van der Waals surface area contributed by atoms with Crippen molar-refractivity contribution in [1.29, 1.82) is 0 Å². The van der Waals surface area contributed by atoms with E-state index in [1.54, 1.807) is 10.4 Å². The summed E-state index contributed by atoms with van der Waals surface area (Å²) in [6.45, 7) is 35.2. The zero-order chi connectivity index (χ0) is 39.1. The molecule has 0 aliphatic carbocycles. The van der Waals surface area contributed by atoms with Crippen LogP contribution in [0.2, 0.25) is 0 Å². The Morgan fingerprint density at radius 3 is 0.926 bits per heavy atom. The number of anilines is 6. The number of nitrogens with zero attached hydrogens (tertiary/aromatic N) is 2. The first-order valence-corrected chi connectivity index (χ1v) is 22.2. The molecular formula is C50H59N2SSi. The number of hydrogen-bond acceptors (Lipinski definition) is 3. The van der Waals surface area contributed by atoms with Crippen molar-refractivity contribution in [3.8, 4) is 0 Å². The minimum atomic E-state index is -1.39. The molecule has 0 atom stereocenters. The van der Waals surface area contributed by atoms with Crippen LogP contribution in [-0.2, 0) is 27.1 Å². The zero-order valence-electron chi connectivity index (χ0n) is 35.4. The van der Waals surface area contributed by atoms with Crippen LogP contribution in [0.25, 0.3) is 0 Å². The van der Waals surface area contributed by atoms with Crippen LogP contribution in [0, 0.1) is 0 Å². The van der Waals surface area contributed by atoms with Crippen LogP contribution in [0.5, 0.6) is 0 Å². The van der Waals surface area contributed by atoms with Gasteiger partial charge in [-0.1, -0.05) is 140 Å². The van der Waals surface area contributed by atoms with E-state index in [1.165, 1.54) is 76.9 Å². The van der Waals surface area contributed by atoms with Gasteiger partial charge in [0.1, 0.15) is 0 Å². The monoisotopic (exact) mass is 747 g/mol. The van der Waals surface area contributed by atoms with Crippen molar-refractivity contribution in [2.24, 2.45) is 0 Å². The van der Waals surface area contributed by atoms with E-state index in [2.05, 4.69) is 199 Å². The number of hydrogen-bond donors (Lipinski definition) is 0. The molecule has 0 unspecified atom stereocenters. The van der Waals surface area contributed by atoms with Gasteiger partial charge in [-0.15, -0.1) is 0 Å². The SMILES string of the molecule is CC(C)(C)c1ccc(N2c3cc(C(C)(C)C)cc4c3[Si]3c5c(cc(C(C)(C)C)cc5N(c5ccc(C(C)(C)C)cc5)c5cc(C(C)(C)C)cc2c53)S4)cc1. The van der Waals surface area contributed by atoms with Gasteiger partial charge in [-0.3, -0.25) is 0 Å². The van der Waals surface area contributed by atoms with Crippen molar-refractivity contribution >= 4 is 70.2 Å². The van der Waals surface area contributed by atoms with Gasteiger partial charge < -0.3 is 9.80 Å². The fourth-order valence-corrected chi connectivity index (χ4v) is 13.4. The maximum atomic E-state index is 2.64. The first-order chi connectivity index (χ1) is 24.9. The van der Waals surface area contributed by atoms with Crippen LogP contribution in [-0.4, -0.2) is 8.80 Å². The van der Waals surface area contributed by atoms with Crippen LogP contribution in [0.3, 0.4) is 0 Å². The normalized spacial score (nSPS) is 15.5. The molecule has 0 N–H and O–H groups in total. The third kappa shape index (κ3) is 5.98. The minimum absolute atomic E-state index is 0.00519. The summed E-state index contributed by atoms with van der Waals surface area (Å²) in [6, 6.07) is 34.2. The third-order valence-electron chi connectivity index (χ3n) is 11.8. The molecule has 54 heavy (non-hydrogen) atoms. The molecule has 0 bridgehead atoms. The molecule has 2 nitrogen and oxygen atoms in total. The first kappa shape index (κ1) is 37.2. The highest BCUT2D eigenvalue weighted by Crippen LogP contribution is 2.52. The Labute approximate surface area is 332 Å². The van der Waals surface area contributed by atoms with Crippen molar-refractivity contribution in [3.05, 3.63) is 113 Å². The lowest BCUT2D eigenvalue weighted by molar-refractivity contribution is 0.588. The molecule has 0 amide bonds. The molecule has 0 aromatic heterocycles. The predicted molar refractivity (Wildman–Crippen MR) is 238 cm³/mol. The van der Waals surface area contributed by atoms with Gasteiger partial charge >= 0.3 is 0 Å². The van der Waals surface area contributed by atoms with Crippen LogP contribution < -0.4 is 25.4 Å². The average molecular weight is 748 g/mol. The van der Waals surface area contributed by atoms with Crippen LogP contribution in [0.15, 0.2) is 94.7 Å². The molecule has 3 heterocycles. The lowest BCUT2D eigenvalue weighted by atomic mass is 9.84. The maximum Gasteiger partial charge on any atom is 0.168 e. The highest BCUT2D eigenvalue weighted by atomic mass is 32.2. The second kappa shape index (κ2) is 11.9. The third-order valence-corrected chi connectivity index (χ3v) is 16.3. The highest BCUT2D eigenvalue weighted by Gasteiger charge is 2.48. The molecule has 0 saturated heterocycles. The summed E-state index contributed by atoms with van der Waals surface area (Å²) in [5.74, 6) is 0. The topological polar surface area (TPSA) is 6.48 Å². The molecule has 0 spiro atoms. The number of rotatable bonds is 2. The van der Waals surface area contributed by atoms with Crippen molar-refractivity contribution in [2.45, 2.75) is 141 Å². The molecule has 1 radical (unpaired) electrons. The summed E-state index contributed by atoms with van der Waals surface area (Å²) in [4.78, 5) is 8.16. The molecule has 5 aromatic carbocycles. The standard InChI is InChI=1S/C50H59N2SSi/c1-46(2,3)30-16-20-35(21-17-30)51-37-24-32(48(7,8)9)25-38-43(37)54-44-39(51)26-33(49(10,11)12)28-41(44)53-42-29-34(50(13,14)15)27-40(45(42)54)52(38)36-22-18-31(19-23-36)47(4,5)6/h16-29H,1-15H3. The van der Waals surface area contributed by atoms with Crippen molar-refractivity contribution in [3.63, 3.8) is 0 Å². The van der Waals surface area contributed by atoms with E-state index in [4.69, 9.17) is 0 Å². The summed E-state index contributed by atoms with van der Waals surface area (Å²) in [7, 11) is -1.39. The Bertz CT molecular complexity index is 2160. The van der Waals surface area contributed by atoms with Gasteiger partial charge in [-0.05, 0) is 131 Å². The van der Waals surface area contributed by atoms with Gasteiger partial charge in [0.25, 0.3) is 0 Å². The van der Waals surface area contributed by atoms with Gasteiger partial charge in [0.15, 0.2) is 8.80 Å². The number of benzene rings is 5. The molecule has 0 fully saturated rings. The Kier molecular flexibility index (Phi) is 8.19. The van der Waals surface area contributed by atoms with E-state index < -0.39 is 8.80 Å². The lowest BCUT2D eigenvalue weighted by Crippen LogP contribution is -2.64. The predicted octanol–water partition coefficient (Wildman–Crippen LogP) is 12.7. The van der Waals surface area contributed by atoms with E-state index in [-0.39, 0.29) is 27.1 Å². The molecule has 3 aliphatic heterocycles. The van der Waals surface area contributed by atoms with E-state index in [1.807, 2.05) is 11.8 Å². The summed E-state index contributed by atoms with van der Waals surface area (Å²) < 4.78 is 0. The van der Waals surface area contributed by atoms with E-state index in [9.17, 15) is 0 Å². The van der Waals surface area contributed by atoms with Gasteiger partial charge in [-0.25, -0.2) is 0 Å². The van der Waals surface area contributed by atoms with Crippen molar-refractivity contribution in [2.75, 3.05) is 9.80 Å². The van der Waals surface area contributed by atoms with Crippen LogP contribution >= 0.6 is 11.8 Å². The van der Waals surface area contributed by atoms with Crippen LogP contribution in [0.1, 0.15) is 132 Å². The van der Waals surface area contributed by atoms with Gasteiger partial charge in [0, 0.05) is 43.9 Å². The van der Waals surface area contributed by atoms with Crippen molar-refractivity contribution < 1.29 is 0 Å². The molecule has 0 saturated carbocycles. The maximum absolute atomic E-state index is 2.64. The smallest absolute Gasteiger partial charge is 0.168 e. The molecule has 8 rings (SSSR count). The summed E-state index contributed by atoms with van der Waals surface area (Å²) in [5, 5.41) is 4.62. The Hall–Kier alpha value is -3.73. The molecule has 5 aromatic rings. The molecule has 279 valence electrons. The Morgan fingerprint density at radius 2 is 0.630 bits per heavy atom. The minimum Gasteiger partial charge on any atom is -0.311 e. The summed E-state index contributed by atoms with van der Waals surface area (Å²) in [6.07, 6.45) is 0. The van der Waals surface area contributed by atoms with Gasteiger partial charge in [0.05, 0.1) is 0 Å². The summed E-state index contributed by atoms with van der Waals surface area (Å²) >= 11 is 2.01. The van der Waals surface area contributed by atoms with E-state index in [0.717, 1.165) is 0 Å². The molecule has 4 heteroatoms. The fraction of sp³-hybridized carbons (Fsp3) is 0.400. The second-order valence-corrected chi connectivity index (χ2v) is 24.5. The Morgan fingerprint density at radius 1 is 0.352 bits per heavy atom. The van der Waals surface area contributed by atoms with Gasteiger partial charge in [-0.2, -0.15) is 0 Å². The zero-order valence-corrected chi connectivity index (χ0v) is 37.2. The first-order valence-electron chi connectivity index (χ1n) is 19.9. The lowest BCUT2D eigenvalue weighted by Gasteiger charge is -2.48. The highest BCUT2D eigenvalue weighted by molar-refractivity contribution is 8.00. The molecular weight excluding hydrogens is 689 g/mol. The van der Waals surface area contributed by atoms with E-state index in [0.29, 0.717) is 0 Å². The van der Waals surface area contributed by atoms with Crippen LogP contribution in [0.4, 0.5) is 34.1 Å². The average Bonchev–Trinajstić information content (AvgIpc) is 3.06. The van der Waals surface area contributed by atoms with Gasteiger partial charge in [0.2, 0.25) is 0 Å². The Balaban J connectivity index is 1.52. The van der Waals surface area contributed by atoms with E-state index >= 15 is 0 Å². The summed E-state index contributed by atoms with van der Waals surface area (Å²) in [5.41, 5.74) is 14.9. The largest absolute Gasteiger partial charge is 0.311 e. The molecule has 3 aliphatic rings. The van der Waals surface area contributed by atoms with Crippen molar-refractivity contribution in [1.82, 2.24) is 0 Å². The second-order valence-electron chi connectivity index (χ2n) is 21.1. The fourth-order valence-electron chi connectivity index (χ4n) is 8.27. The quantitative estimate of drug-likeness (QED) is 0.163.